The van der Waals surface area contributed by atoms with Crippen LogP contribution in [-0.4, -0.2) is 0 Å². The van der Waals surface area contributed by atoms with E-state index >= 15 is 0 Å². The van der Waals surface area contributed by atoms with Crippen molar-refractivity contribution in [3.63, 3.8) is 0 Å². The average Bonchev–Trinajstić information content (AvgIpc) is 2.58. The zero-order chi connectivity index (χ0) is 15.6. The van der Waals surface area contributed by atoms with Gasteiger partial charge in [0.25, 0.3) is 0 Å². The summed E-state index contributed by atoms with van der Waals surface area (Å²) in [6, 6.07) is 9.03. The Morgan fingerprint density at radius 3 is 2.27 bits per heavy atom. The van der Waals surface area contributed by atoms with Crippen molar-refractivity contribution in [3.05, 3.63) is 35.4 Å². The van der Waals surface area contributed by atoms with Crippen LogP contribution in [0.15, 0.2) is 24.3 Å². The maximum atomic E-state index is 3.21. The molecule has 0 bridgehead atoms. The molecule has 0 atom stereocenters. The summed E-state index contributed by atoms with van der Waals surface area (Å²) >= 11 is 0. The van der Waals surface area contributed by atoms with E-state index in [-0.39, 0.29) is 0 Å². The molecule has 0 spiro atoms. The minimum atomic E-state index is 0.792. The standard InChI is InChI=1S/C22H32/c1-3-5-7-8-10-20-13-17-22(18-14-20)21-15-11-19(12-16-21)9-6-4-2/h11-12,15-16,20,22H,3-5,7-8,10,13-14,17-18H2,1-2H3/t20-,22-. The third-order valence-corrected chi connectivity index (χ3v) is 5.10. The molecule has 0 N–H and O–H groups in total. The minimum absolute atomic E-state index is 0.792. The predicted octanol–water partition coefficient (Wildman–Crippen LogP) is 6.69. The molecule has 0 aromatic heterocycles. The molecule has 1 saturated carbocycles. The van der Waals surface area contributed by atoms with Crippen molar-refractivity contribution in [2.24, 2.45) is 5.92 Å². The van der Waals surface area contributed by atoms with E-state index in [4.69, 9.17) is 0 Å². The topological polar surface area (TPSA) is 0 Å². The molecule has 0 aliphatic heterocycles. The zero-order valence-corrected chi connectivity index (χ0v) is 14.5. The van der Waals surface area contributed by atoms with Gasteiger partial charge in [-0.3, -0.25) is 0 Å². The van der Waals surface area contributed by atoms with E-state index in [9.17, 15) is 0 Å². The highest BCUT2D eigenvalue weighted by Crippen LogP contribution is 2.37. The summed E-state index contributed by atoms with van der Waals surface area (Å²) in [5.41, 5.74) is 2.70. The predicted molar refractivity (Wildman–Crippen MR) is 97.1 cm³/mol. The van der Waals surface area contributed by atoms with Crippen LogP contribution in [0.5, 0.6) is 0 Å². The van der Waals surface area contributed by atoms with Crippen molar-refractivity contribution in [1.29, 1.82) is 0 Å². The van der Waals surface area contributed by atoms with Crippen molar-refractivity contribution >= 4 is 0 Å². The van der Waals surface area contributed by atoms with Gasteiger partial charge in [-0.05, 0) is 55.2 Å². The average molecular weight is 296 g/mol. The molecule has 1 aromatic carbocycles. The molecule has 0 radical (unpaired) electrons. The van der Waals surface area contributed by atoms with Crippen LogP contribution in [0, 0.1) is 17.8 Å². The first-order valence-corrected chi connectivity index (χ1v) is 9.42. The molecule has 22 heavy (non-hydrogen) atoms. The van der Waals surface area contributed by atoms with Crippen molar-refractivity contribution < 1.29 is 0 Å². The summed E-state index contributed by atoms with van der Waals surface area (Å²) in [4.78, 5) is 0. The lowest BCUT2D eigenvalue weighted by molar-refractivity contribution is 0.302. The Kier molecular flexibility index (Phi) is 7.58. The molecule has 2 rings (SSSR count). The van der Waals surface area contributed by atoms with E-state index < -0.39 is 0 Å². The molecular weight excluding hydrogens is 264 g/mol. The fourth-order valence-corrected chi connectivity index (χ4v) is 3.67. The van der Waals surface area contributed by atoms with Crippen LogP contribution in [-0.2, 0) is 0 Å². The van der Waals surface area contributed by atoms with Crippen molar-refractivity contribution in [2.45, 2.75) is 84.0 Å². The smallest absolute Gasteiger partial charge is 0.0245 e. The number of unbranched alkanes of at least 4 members (excludes halogenated alkanes) is 3. The molecule has 120 valence electrons. The molecule has 1 aromatic rings. The van der Waals surface area contributed by atoms with E-state index in [1.165, 1.54) is 63.4 Å². The number of rotatable bonds is 6. The maximum Gasteiger partial charge on any atom is 0.0245 e. The molecule has 0 amide bonds. The van der Waals surface area contributed by atoms with Gasteiger partial charge in [0.15, 0.2) is 0 Å². The fraction of sp³-hybridized carbons (Fsp3) is 0.636. The van der Waals surface area contributed by atoms with Crippen LogP contribution in [0.2, 0.25) is 0 Å². The molecule has 0 saturated heterocycles. The van der Waals surface area contributed by atoms with Crippen LogP contribution in [0.4, 0.5) is 0 Å². The van der Waals surface area contributed by atoms with Crippen molar-refractivity contribution in [1.82, 2.24) is 0 Å². The maximum absolute atomic E-state index is 3.21. The molecule has 1 aliphatic rings. The van der Waals surface area contributed by atoms with Gasteiger partial charge in [-0.25, -0.2) is 0 Å². The first-order valence-electron chi connectivity index (χ1n) is 9.42. The second kappa shape index (κ2) is 9.73. The van der Waals surface area contributed by atoms with Gasteiger partial charge in [-0.2, -0.15) is 0 Å². The highest BCUT2D eigenvalue weighted by Gasteiger charge is 2.21. The first kappa shape index (κ1) is 17.1. The molecule has 0 heterocycles. The SMILES string of the molecule is CCC#Cc1ccc([C@H]2CC[C@H](CCCCCC)CC2)cc1. The second-order valence-electron chi connectivity index (χ2n) is 6.84. The number of benzene rings is 1. The number of hydrogen-bond donors (Lipinski definition) is 0. The van der Waals surface area contributed by atoms with Crippen LogP contribution in [0.1, 0.15) is 95.1 Å². The summed E-state index contributed by atoms with van der Waals surface area (Å²) in [6.45, 7) is 4.40. The van der Waals surface area contributed by atoms with E-state index in [0.717, 1.165) is 23.8 Å². The Balaban J connectivity index is 1.76. The van der Waals surface area contributed by atoms with Crippen LogP contribution >= 0.6 is 0 Å². The Labute approximate surface area is 137 Å². The molecule has 0 nitrogen and oxygen atoms in total. The zero-order valence-electron chi connectivity index (χ0n) is 14.5. The molecular formula is C22H32. The number of hydrogen-bond acceptors (Lipinski definition) is 0. The van der Waals surface area contributed by atoms with Gasteiger partial charge in [-0.15, -0.1) is 0 Å². The van der Waals surface area contributed by atoms with Crippen LogP contribution < -0.4 is 0 Å². The van der Waals surface area contributed by atoms with Gasteiger partial charge in [0.2, 0.25) is 0 Å². The third-order valence-electron chi connectivity index (χ3n) is 5.10. The highest BCUT2D eigenvalue weighted by molar-refractivity contribution is 5.37. The van der Waals surface area contributed by atoms with E-state index in [0.29, 0.717) is 0 Å². The molecule has 0 unspecified atom stereocenters. The van der Waals surface area contributed by atoms with Gasteiger partial charge in [0.1, 0.15) is 0 Å². The Bertz CT molecular complexity index is 463. The molecule has 1 fully saturated rings. The van der Waals surface area contributed by atoms with E-state index in [1.54, 1.807) is 0 Å². The van der Waals surface area contributed by atoms with Gasteiger partial charge in [0, 0.05) is 12.0 Å². The summed E-state index contributed by atoms with van der Waals surface area (Å²) in [6.07, 6.45) is 13.7. The van der Waals surface area contributed by atoms with Crippen molar-refractivity contribution in [2.75, 3.05) is 0 Å². The quantitative estimate of drug-likeness (QED) is 0.405. The monoisotopic (exact) mass is 296 g/mol. The normalized spacial score (nSPS) is 21.2. The van der Waals surface area contributed by atoms with Crippen LogP contribution in [0.25, 0.3) is 0 Å². The lowest BCUT2D eigenvalue weighted by Crippen LogP contribution is -2.13. The lowest BCUT2D eigenvalue weighted by atomic mass is 9.77. The molecule has 1 aliphatic carbocycles. The molecule has 0 heteroatoms. The van der Waals surface area contributed by atoms with Gasteiger partial charge in [0.05, 0.1) is 0 Å². The minimum Gasteiger partial charge on any atom is -0.0982 e. The second-order valence-corrected chi connectivity index (χ2v) is 6.84. The lowest BCUT2D eigenvalue weighted by Gasteiger charge is -2.29. The van der Waals surface area contributed by atoms with Gasteiger partial charge < -0.3 is 0 Å². The van der Waals surface area contributed by atoms with Gasteiger partial charge >= 0.3 is 0 Å². The summed E-state index contributed by atoms with van der Waals surface area (Å²) in [5.74, 6) is 8.16. The fourth-order valence-electron chi connectivity index (χ4n) is 3.67. The summed E-state index contributed by atoms with van der Waals surface area (Å²) in [5, 5.41) is 0. The van der Waals surface area contributed by atoms with Crippen molar-refractivity contribution in [3.8, 4) is 11.8 Å². The van der Waals surface area contributed by atoms with Crippen LogP contribution in [0.3, 0.4) is 0 Å². The van der Waals surface area contributed by atoms with E-state index in [1.807, 2.05) is 0 Å². The summed E-state index contributed by atoms with van der Waals surface area (Å²) < 4.78 is 0. The first-order chi connectivity index (χ1) is 10.8. The highest BCUT2D eigenvalue weighted by atomic mass is 14.3. The van der Waals surface area contributed by atoms with E-state index in [2.05, 4.69) is 50.0 Å². The Morgan fingerprint density at radius 2 is 1.64 bits per heavy atom. The summed E-state index contributed by atoms with van der Waals surface area (Å²) in [7, 11) is 0. The largest absolute Gasteiger partial charge is 0.0982 e. The Morgan fingerprint density at radius 1 is 0.909 bits per heavy atom. The van der Waals surface area contributed by atoms with Gasteiger partial charge in [-0.1, -0.05) is 69.9 Å². The Hall–Kier alpha value is -1.22. The third kappa shape index (κ3) is 5.53.